The van der Waals surface area contributed by atoms with Gasteiger partial charge in [-0.2, -0.15) is 0 Å². The number of nitrogens with zero attached hydrogens (tertiary/aromatic N) is 1. The summed E-state index contributed by atoms with van der Waals surface area (Å²) in [4.78, 5) is 2.31. The fraction of sp³-hybridized carbons (Fsp3) is 0.538. The van der Waals surface area contributed by atoms with Gasteiger partial charge >= 0.3 is 0 Å². The van der Waals surface area contributed by atoms with Crippen LogP contribution >= 0.6 is 0 Å². The third kappa shape index (κ3) is 2.20. The van der Waals surface area contributed by atoms with Crippen molar-refractivity contribution in [2.75, 3.05) is 27.3 Å². The van der Waals surface area contributed by atoms with Gasteiger partial charge in [-0.25, -0.2) is 0 Å². The summed E-state index contributed by atoms with van der Waals surface area (Å²) in [6, 6.07) is 8.65. The van der Waals surface area contributed by atoms with Gasteiger partial charge in [0.25, 0.3) is 0 Å². The van der Waals surface area contributed by atoms with Crippen LogP contribution in [0.2, 0.25) is 0 Å². The zero-order valence-electron chi connectivity index (χ0n) is 9.89. The van der Waals surface area contributed by atoms with Gasteiger partial charge in [0.15, 0.2) is 0 Å². The first-order valence-corrected chi connectivity index (χ1v) is 5.69. The van der Waals surface area contributed by atoms with Crippen molar-refractivity contribution in [3.05, 3.63) is 29.8 Å². The lowest BCUT2D eigenvalue weighted by Crippen LogP contribution is -2.18. The Morgan fingerprint density at radius 1 is 1.38 bits per heavy atom. The van der Waals surface area contributed by atoms with Gasteiger partial charge in [-0.05, 0) is 37.1 Å². The fourth-order valence-electron chi connectivity index (χ4n) is 2.45. The second-order valence-corrected chi connectivity index (χ2v) is 4.51. The first kappa shape index (κ1) is 11.4. The highest BCUT2D eigenvalue weighted by Gasteiger charge is 2.29. The van der Waals surface area contributed by atoms with Gasteiger partial charge in [0, 0.05) is 19.2 Å². The molecule has 0 aromatic heterocycles. The first-order chi connectivity index (χ1) is 7.74. The van der Waals surface area contributed by atoms with Crippen LogP contribution in [-0.2, 0) is 0 Å². The molecule has 1 saturated heterocycles. The molecule has 0 unspecified atom stereocenters. The van der Waals surface area contributed by atoms with Gasteiger partial charge in [0.2, 0.25) is 0 Å². The highest BCUT2D eigenvalue weighted by atomic mass is 16.5. The van der Waals surface area contributed by atoms with E-state index in [2.05, 4.69) is 24.1 Å². The molecule has 1 aromatic carbocycles. The fourth-order valence-corrected chi connectivity index (χ4v) is 2.45. The van der Waals surface area contributed by atoms with Crippen LogP contribution in [0.25, 0.3) is 0 Å². The van der Waals surface area contributed by atoms with E-state index in [9.17, 15) is 5.11 Å². The molecule has 0 bridgehead atoms. The van der Waals surface area contributed by atoms with Crippen LogP contribution < -0.4 is 4.74 Å². The molecule has 1 heterocycles. The summed E-state index contributed by atoms with van der Waals surface area (Å²) in [7, 11) is 3.79. The number of benzene rings is 1. The molecule has 2 atom stereocenters. The maximum Gasteiger partial charge on any atom is 0.118 e. The average Bonchev–Trinajstić information content (AvgIpc) is 2.71. The quantitative estimate of drug-likeness (QED) is 0.843. The summed E-state index contributed by atoms with van der Waals surface area (Å²) in [5, 5.41) is 9.18. The molecule has 0 saturated carbocycles. The van der Waals surface area contributed by atoms with Gasteiger partial charge < -0.3 is 9.84 Å². The Morgan fingerprint density at radius 3 is 2.56 bits per heavy atom. The maximum atomic E-state index is 9.18. The summed E-state index contributed by atoms with van der Waals surface area (Å²) < 4.78 is 5.15. The van der Waals surface area contributed by atoms with E-state index < -0.39 is 0 Å². The lowest BCUT2D eigenvalue weighted by atomic mass is 10.0. The largest absolute Gasteiger partial charge is 0.497 e. The Morgan fingerprint density at radius 2 is 2.06 bits per heavy atom. The topological polar surface area (TPSA) is 32.7 Å². The lowest BCUT2D eigenvalue weighted by molar-refractivity contribution is 0.227. The van der Waals surface area contributed by atoms with Gasteiger partial charge in [-0.1, -0.05) is 12.1 Å². The molecular weight excluding hydrogens is 202 g/mol. The van der Waals surface area contributed by atoms with Crippen LogP contribution in [-0.4, -0.2) is 37.3 Å². The molecule has 16 heavy (non-hydrogen) atoms. The molecule has 3 heteroatoms. The second kappa shape index (κ2) is 4.85. The zero-order chi connectivity index (χ0) is 11.5. The molecule has 1 N–H and O–H groups in total. The predicted molar refractivity (Wildman–Crippen MR) is 63.6 cm³/mol. The van der Waals surface area contributed by atoms with Crippen LogP contribution in [0.15, 0.2) is 24.3 Å². The van der Waals surface area contributed by atoms with Crippen LogP contribution in [0.5, 0.6) is 5.75 Å². The van der Waals surface area contributed by atoms with Crippen molar-refractivity contribution in [3.8, 4) is 5.75 Å². The second-order valence-electron chi connectivity index (χ2n) is 4.51. The van der Waals surface area contributed by atoms with E-state index in [-0.39, 0.29) is 6.61 Å². The van der Waals surface area contributed by atoms with Gasteiger partial charge in [-0.15, -0.1) is 0 Å². The van der Waals surface area contributed by atoms with Crippen molar-refractivity contribution in [2.45, 2.75) is 12.5 Å². The molecule has 0 radical (unpaired) electrons. The number of aliphatic hydroxyl groups excluding tert-OH is 1. The molecule has 2 rings (SSSR count). The molecule has 0 spiro atoms. The third-order valence-corrected chi connectivity index (χ3v) is 3.39. The summed E-state index contributed by atoms with van der Waals surface area (Å²) in [5.41, 5.74) is 1.30. The molecule has 1 aliphatic rings. The number of methoxy groups -OCH3 is 1. The number of ether oxygens (including phenoxy) is 1. The summed E-state index contributed by atoms with van der Waals surface area (Å²) in [5.74, 6) is 1.31. The molecule has 3 nitrogen and oxygen atoms in total. The standard InChI is InChI=1S/C13H19NO2/c1-14-8-10(9-15)7-13(14)11-3-5-12(16-2)6-4-11/h3-6,10,13,15H,7-9H2,1-2H3/t10-,13-/m0/s1. The van der Waals surface area contributed by atoms with E-state index in [1.165, 1.54) is 5.56 Å². The number of likely N-dealkylation sites (tertiary alicyclic amines) is 1. The Balaban J connectivity index is 2.11. The molecule has 1 fully saturated rings. The van der Waals surface area contributed by atoms with Crippen molar-refractivity contribution in [2.24, 2.45) is 5.92 Å². The predicted octanol–water partition coefficient (Wildman–Crippen LogP) is 1.68. The zero-order valence-corrected chi connectivity index (χ0v) is 9.89. The average molecular weight is 221 g/mol. The molecule has 0 amide bonds. The van der Waals surface area contributed by atoms with E-state index in [0.717, 1.165) is 18.7 Å². The Bertz CT molecular complexity index is 336. The van der Waals surface area contributed by atoms with Crippen molar-refractivity contribution >= 4 is 0 Å². The van der Waals surface area contributed by atoms with E-state index in [4.69, 9.17) is 4.74 Å². The van der Waals surface area contributed by atoms with E-state index in [1.54, 1.807) is 7.11 Å². The van der Waals surface area contributed by atoms with Crippen LogP contribution in [0.3, 0.4) is 0 Å². The van der Waals surface area contributed by atoms with Gasteiger partial charge in [-0.3, -0.25) is 4.90 Å². The normalized spacial score (nSPS) is 25.9. The maximum absolute atomic E-state index is 9.18. The first-order valence-electron chi connectivity index (χ1n) is 5.69. The highest BCUT2D eigenvalue weighted by molar-refractivity contribution is 5.29. The summed E-state index contributed by atoms with van der Waals surface area (Å²) in [6.07, 6.45) is 1.04. The Labute approximate surface area is 96.6 Å². The Kier molecular flexibility index (Phi) is 3.46. The van der Waals surface area contributed by atoms with Crippen molar-refractivity contribution < 1.29 is 9.84 Å². The van der Waals surface area contributed by atoms with E-state index >= 15 is 0 Å². The minimum Gasteiger partial charge on any atom is -0.497 e. The number of hydrogen-bond acceptors (Lipinski definition) is 3. The van der Waals surface area contributed by atoms with Crippen LogP contribution in [0, 0.1) is 5.92 Å². The lowest BCUT2D eigenvalue weighted by Gasteiger charge is -2.19. The van der Waals surface area contributed by atoms with Crippen molar-refractivity contribution in [1.29, 1.82) is 0 Å². The number of hydrogen-bond donors (Lipinski definition) is 1. The molecular formula is C13H19NO2. The summed E-state index contributed by atoms with van der Waals surface area (Å²) in [6.45, 7) is 1.27. The van der Waals surface area contributed by atoms with Gasteiger partial charge in [0.05, 0.1) is 7.11 Å². The SMILES string of the molecule is COc1ccc([C@@H]2C[C@H](CO)CN2C)cc1. The number of aliphatic hydroxyl groups is 1. The van der Waals surface area contributed by atoms with Gasteiger partial charge in [0.1, 0.15) is 5.75 Å². The van der Waals surface area contributed by atoms with Crippen molar-refractivity contribution in [1.82, 2.24) is 4.90 Å². The molecule has 88 valence electrons. The van der Waals surface area contributed by atoms with Crippen LogP contribution in [0.1, 0.15) is 18.0 Å². The van der Waals surface area contributed by atoms with Crippen LogP contribution in [0.4, 0.5) is 0 Å². The van der Waals surface area contributed by atoms with Crippen molar-refractivity contribution in [3.63, 3.8) is 0 Å². The monoisotopic (exact) mass is 221 g/mol. The highest BCUT2D eigenvalue weighted by Crippen LogP contribution is 2.34. The molecule has 1 aliphatic heterocycles. The third-order valence-electron chi connectivity index (χ3n) is 3.39. The van der Waals surface area contributed by atoms with E-state index in [0.29, 0.717) is 12.0 Å². The summed E-state index contributed by atoms with van der Waals surface area (Å²) >= 11 is 0. The Hall–Kier alpha value is -1.06. The minimum atomic E-state index is 0.289. The molecule has 1 aromatic rings. The molecule has 0 aliphatic carbocycles. The van der Waals surface area contributed by atoms with E-state index in [1.807, 2.05) is 12.1 Å². The minimum absolute atomic E-state index is 0.289. The number of rotatable bonds is 3. The smallest absolute Gasteiger partial charge is 0.118 e.